The molecule has 0 heterocycles. The summed E-state index contributed by atoms with van der Waals surface area (Å²) in [5.74, 6) is 0. The van der Waals surface area contributed by atoms with Crippen LogP contribution in [0, 0.1) is 5.41 Å². The van der Waals surface area contributed by atoms with E-state index in [2.05, 4.69) is 44.3 Å². The van der Waals surface area contributed by atoms with E-state index >= 15 is 0 Å². The molecule has 0 saturated heterocycles. The van der Waals surface area contributed by atoms with Crippen LogP contribution >= 0.6 is 11.6 Å². The van der Waals surface area contributed by atoms with Crippen molar-refractivity contribution in [2.45, 2.75) is 70.3 Å². The van der Waals surface area contributed by atoms with E-state index in [0.29, 0.717) is 10.8 Å². The molecule has 0 bridgehead atoms. The second kappa shape index (κ2) is 5.28. The van der Waals surface area contributed by atoms with Gasteiger partial charge in [0, 0.05) is 22.5 Å². The van der Waals surface area contributed by atoms with E-state index in [1.165, 1.54) is 44.1 Å². The Labute approximate surface area is 134 Å². The summed E-state index contributed by atoms with van der Waals surface area (Å²) < 4.78 is 0. The predicted molar refractivity (Wildman–Crippen MR) is 91.0 cm³/mol. The summed E-state index contributed by atoms with van der Waals surface area (Å²) in [6, 6.07) is 8.56. The number of benzene rings is 1. The zero-order valence-corrected chi connectivity index (χ0v) is 14.4. The number of hydrogen-bond donors (Lipinski definition) is 1. The Bertz CT molecular complexity index is 501. The van der Waals surface area contributed by atoms with Gasteiger partial charge in [-0.05, 0) is 69.6 Å². The average Bonchev–Trinajstić information content (AvgIpc) is 2.83. The fourth-order valence-corrected chi connectivity index (χ4v) is 4.74. The SMILES string of the molecule is CC(C)(C)NCC1(c2cccc(Cl)c2)CC2(CCCC2)C1. The lowest BCUT2D eigenvalue weighted by Crippen LogP contribution is -2.56. The number of nitrogens with one attached hydrogen (secondary N) is 1. The monoisotopic (exact) mass is 305 g/mol. The number of hydrogen-bond acceptors (Lipinski definition) is 1. The first-order chi connectivity index (χ1) is 9.83. The van der Waals surface area contributed by atoms with Crippen molar-refractivity contribution in [3.8, 4) is 0 Å². The van der Waals surface area contributed by atoms with E-state index in [-0.39, 0.29) is 5.54 Å². The van der Waals surface area contributed by atoms with Crippen LogP contribution in [-0.4, -0.2) is 12.1 Å². The molecule has 116 valence electrons. The van der Waals surface area contributed by atoms with Crippen molar-refractivity contribution in [1.29, 1.82) is 0 Å². The fraction of sp³-hybridized carbons (Fsp3) is 0.684. The zero-order chi connectivity index (χ0) is 15.1. The van der Waals surface area contributed by atoms with Crippen LogP contribution in [0.25, 0.3) is 0 Å². The Kier molecular flexibility index (Phi) is 3.86. The Balaban J connectivity index is 1.82. The van der Waals surface area contributed by atoms with Gasteiger partial charge in [0.2, 0.25) is 0 Å². The van der Waals surface area contributed by atoms with Crippen LogP contribution in [0.5, 0.6) is 0 Å². The Hall–Kier alpha value is -0.530. The molecule has 1 aromatic carbocycles. The van der Waals surface area contributed by atoms with Gasteiger partial charge in [0.1, 0.15) is 0 Å². The highest BCUT2D eigenvalue weighted by Gasteiger charge is 2.55. The van der Waals surface area contributed by atoms with Gasteiger partial charge in [-0.2, -0.15) is 0 Å². The van der Waals surface area contributed by atoms with Gasteiger partial charge >= 0.3 is 0 Å². The molecule has 0 unspecified atom stereocenters. The summed E-state index contributed by atoms with van der Waals surface area (Å²) >= 11 is 6.25. The highest BCUT2D eigenvalue weighted by Crippen LogP contribution is 2.62. The normalized spacial score (nSPS) is 23.2. The third kappa shape index (κ3) is 3.14. The van der Waals surface area contributed by atoms with Crippen molar-refractivity contribution in [3.63, 3.8) is 0 Å². The van der Waals surface area contributed by atoms with Crippen molar-refractivity contribution in [1.82, 2.24) is 5.32 Å². The van der Waals surface area contributed by atoms with E-state index in [4.69, 9.17) is 11.6 Å². The molecule has 1 spiro atoms. The molecule has 1 N–H and O–H groups in total. The van der Waals surface area contributed by atoms with Gasteiger partial charge in [-0.15, -0.1) is 0 Å². The highest BCUT2D eigenvalue weighted by atomic mass is 35.5. The molecule has 0 aliphatic heterocycles. The van der Waals surface area contributed by atoms with Crippen molar-refractivity contribution in [3.05, 3.63) is 34.9 Å². The number of halogens is 1. The topological polar surface area (TPSA) is 12.0 Å². The van der Waals surface area contributed by atoms with Gasteiger partial charge in [-0.25, -0.2) is 0 Å². The maximum absolute atomic E-state index is 6.25. The standard InChI is InChI=1S/C19H28ClN/c1-17(2,3)21-14-19(15-7-6-8-16(20)11-15)12-18(13-19)9-4-5-10-18/h6-8,11,21H,4-5,9-10,12-14H2,1-3H3. The highest BCUT2D eigenvalue weighted by molar-refractivity contribution is 6.30. The third-order valence-electron chi connectivity index (χ3n) is 5.49. The molecule has 2 heteroatoms. The quantitative estimate of drug-likeness (QED) is 0.797. The molecular weight excluding hydrogens is 278 g/mol. The maximum atomic E-state index is 6.25. The molecule has 2 aliphatic carbocycles. The molecule has 1 aromatic rings. The van der Waals surface area contributed by atoms with Crippen LogP contribution in [0.1, 0.15) is 64.9 Å². The maximum Gasteiger partial charge on any atom is 0.0408 e. The van der Waals surface area contributed by atoms with Crippen molar-refractivity contribution in [2.75, 3.05) is 6.54 Å². The van der Waals surface area contributed by atoms with Crippen LogP contribution < -0.4 is 5.32 Å². The summed E-state index contributed by atoms with van der Waals surface area (Å²) in [6.45, 7) is 7.83. The van der Waals surface area contributed by atoms with Crippen molar-refractivity contribution < 1.29 is 0 Å². The van der Waals surface area contributed by atoms with Gasteiger partial charge in [-0.1, -0.05) is 36.6 Å². The molecule has 0 atom stereocenters. The van der Waals surface area contributed by atoms with Gasteiger partial charge in [0.15, 0.2) is 0 Å². The molecule has 2 fully saturated rings. The molecule has 0 radical (unpaired) electrons. The van der Waals surface area contributed by atoms with E-state index in [1.54, 1.807) is 0 Å². The lowest BCUT2D eigenvalue weighted by molar-refractivity contribution is 0.0230. The molecule has 3 rings (SSSR count). The van der Waals surface area contributed by atoms with E-state index in [1.807, 2.05) is 6.07 Å². The Morgan fingerprint density at radius 3 is 2.38 bits per heavy atom. The second-order valence-corrected chi connectivity index (χ2v) is 8.89. The molecule has 2 saturated carbocycles. The van der Waals surface area contributed by atoms with Crippen LogP contribution in [0.4, 0.5) is 0 Å². The van der Waals surface area contributed by atoms with Gasteiger partial charge in [0.25, 0.3) is 0 Å². The summed E-state index contributed by atoms with van der Waals surface area (Å²) in [5.41, 5.74) is 2.54. The fourth-order valence-electron chi connectivity index (χ4n) is 4.55. The second-order valence-electron chi connectivity index (χ2n) is 8.45. The molecule has 0 amide bonds. The van der Waals surface area contributed by atoms with E-state index < -0.39 is 0 Å². The first-order valence-electron chi connectivity index (χ1n) is 8.34. The smallest absolute Gasteiger partial charge is 0.0408 e. The molecule has 1 nitrogen and oxygen atoms in total. The van der Waals surface area contributed by atoms with Gasteiger partial charge in [0.05, 0.1) is 0 Å². The zero-order valence-electron chi connectivity index (χ0n) is 13.6. The van der Waals surface area contributed by atoms with Gasteiger partial charge in [-0.3, -0.25) is 0 Å². The first-order valence-corrected chi connectivity index (χ1v) is 8.72. The summed E-state index contributed by atoms with van der Waals surface area (Å²) in [5, 5.41) is 4.62. The summed E-state index contributed by atoms with van der Waals surface area (Å²) in [7, 11) is 0. The van der Waals surface area contributed by atoms with Crippen LogP contribution in [-0.2, 0) is 5.41 Å². The lowest BCUT2D eigenvalue weighted by Gasteiger charge is -2.56. The lowest BCUT2D eigenvalue weighted by atomic mass is 9.49. The summed E-state index contributed by atoms with van der Waals surface area (Å²) in [4.78, 5) is 0. The van der Waals surface area contributed by atoms with Crippen molar-refractivity contribution >= 4 is 11.6 Å². The number of rotatable bonds is 3. The Morgan fingerprint density at radius 2 is 1.81 bits per heavy atom. The molecular formula is C19H28ClN. The largest absolute Gasteiger partial charge is 0.311 e. The third-order valence-corrected chi connectivity index (χ3v) is 5.72. The average molecular weight is 306 g/mol. The minimum Gasteiger partial charge on any atom is -0.311 e. The predicted octanol–water partition coefficient (Wildman–Crippen LogP) is 5.32. The Morgan fingerprint density at radius 1 is 1.14 bits per heavy atom. The van der Waals surface area contributed by atoms with Crippen LogP contribution in [0.15, 0.2) is 24.3 Å². The minimum atomic E-state index is 0.171. The molecule has 21 heavy (non-hydrogen) atoms. The van der Waals surface area contributed by atoms with Crippen LogP contribution in [0.3, 0.4) is 0 Å². The van der Waals surface area contributed by atoms with Crippen molar-refractivity contribution in [2.24, 2.45) is 5.41 Å². The minimum absolute atomic E-state index is 0.171. The van der Waals surface area contributed by atoms with E-state index in [9.17, 15) is 0 Å². The summed E-state index contributed by atoms with van der Waals surface area (Å²) in [6.07, 6.45) is 8.40. The van der Waals surface area contributed by atoms with Gasteiger partial charge < -0.3 is 5.32 Å². The first kappa shape index (κ1) is 15.4. The van der Waals surface area contributed by atoms with Crippen LogP contribution in [0.2, 0.25) is 5.02 Å². The molecule has 0 aromatic heterocycles. The van der Waals surface area contributed by atoms with E-state index in [0.717, 1.165) is 11.6 Å². The molecule has 2 aliphatic rings.